The Morgan fingerprint density at radius 3 is 2.76 bits per heavy atom. The van der Waals surface area contributed by atoms with Crippen LogP contribution in [-0.4, -0.2) is 41.5 Å². The van der Waals surface area contributed by atoms with Crippen LogP contribution < -0.4 is 11.1 Å². The lowest BCUT2D eigenvalue weighted by molar-refractivity contribution is -0.0770. The van der Waals surface area contributed by atoms with E-state index in [4.69, 9.17) is 15.6 Å². The standard InChI is InChI=1S/C13H19FN2O5/c1-8(11(18)6-12(15)20-7-17)21-13(19)16-10-5-3-2-4-9(10)14/h2-5,8,11-12,17-18H,6-7,15H2,1H3,(H,16,19)/t8-,11-,12?/m1/s1. The summed E-state index contributed by atoms with van der Waals surface area (Å²) in [5.74, 6) is -0.596. The number of hydrogen-bond donors (Lipinski definition) is 4. The van der Waals surface area contributed by atoms with Crippen molar-refractivity contribution >= 4 is 11.8 Å². The summed E-state index contributed by atoms with van der Waals surface area (Å²) in [6.07, 6.45) is -3.79. The Kier molecular flexibility index (Phi) is 7.03. The summed E-state index contributed by atoms with van der Waals surface area (Å²) in [5.41, 5.74) is 5.43. The molecule has 1 unspecified atom stereocenters. The van der Waals surface area contributed by atoms with Gasteiger partial charge in [0.25, 0.3) is 0 Å². The van der Waals surface area contributed by atoms with Gasteiger partial charge in [-0.3, -0.25) is 5.32 Å². The second kappa shape index (κ2) is 8.53. The molecule has 7 nitrogen and oxygen atoms in total. The van der Waals surface area contributed by atoms with Gasteiger partial charge < -0.3 is 25.4 Å². The SMILES string of the molecule is C[C@@H](OC(=O)Nc1ccccc1F)[C@H](O)CC(N)OCO. The zero-order chi connectivity index (χ0) is 15.8. The lowest BCUT2D eigenvalue weighted by Gasteiger charge is -2.22. The summed E-state index contributed by atoms with van der Waals surface area (Å²) in [6.45, 7) is 0.883. The Bertz CT molecular complexity index is 460. The van der Waals surface area contributed by atoms with Gasteiger partial charge in [0.2, 0.25) is 0 Å². The van der Waals surface area contributed by atoms with Gasteiger partial charge in [0.05, 0.1) is 11.8 Å². The van der Waals surface area contributed by atoms with Gasteiger partial charge in [0.1, 0.15) is 24.9 Å². The van der Waals surface area contributed by atoms with Crippen molar-refractivity contribution in [3.63, 3.8) is 0 Å². The Morgan fingerprint density at radius 1 is 1.48 bits per heavy atom. The molecule has 5 N–H and O–H groups in total. The maximum atomic E-state index is 13.3. The molecule has 0 aliphatic heterocycles. The van der Waals surface area contributed by atoms with Crippen molar-refractivity contribution in [2.75, 3.05) is 12.1 Å². The molecule has 0 aliphatic carbocycles. The average Bonchev–Trinajstić information content (AvgIpc) is 2.41. The van der Waals surface area contributed by atoms with E-state index in [1.165, 1.54) is 25.1 Å². The lowest BCUT2D eigenvalue weighted by atomic mass is 10.1. The summed E-state index contributed by atoms with van der Waals surface area (Å²) >= 11 is 0. The van der Waals surface area contributed by atoms with E-state index in [0.29, 0.717) is 0 Å². The molecule has 1 rings (SSSR count). The van der Waals surface area contributed by atoms with E-state index in [-0.39, 0.29) is 12.1 Å². The number of halogens is 1. The first kappa shape index (κ1) is 17.3. The lowest BCUT2D eigenvalue weighted by Crippen LogP contribution is -2.37. The van der Waals surface area contributed by atoms with Crippen LogP contribution in [-0.2, 0) is 9.47 Å². The first-order valence-corrected chi connectivity index (χ1v) is 6.32. The molecule has 0 heterocycles. The van der Waals surface area contributed by atoms with Gasteiger partial charge >= 0.3 is 6.09 Å². The second-order valence-electron chi connectivity index (χ2n) is 4.35. The van der Waals surface area contributed by atoms with Gasteiger partial charge in [-0.15, -0.1) is 0 Å². The Labute approximate surface area is 121 Å². The number of rotatable bonds is 7. The first-order chi connectivity index (χ1) is 9.93. The van der Waals surface area contributed by atoms with Crippen molar-refractivity contribution in [2.24, 2.45) is 5.73 Å². The number of carbonyl (C=O) groups excluding carboxylic acids is 1. The maximum absolute atomic E-state index is 13.3. The third-order valence-electron chi connectivity index (χ3n) is 2.71. The monoisotopic (exact) mass is 302 g/mol. The molecule has 0 aromatic heterocycles. The van der Waals surface area contributed by atoms with Gasteiger partial charge in [-0.05, 0) is 19.1 Å². The molecule has 1 aromatic rings. The molecule has 8 heteroatoms. The third-order valence-corrected chi connectivity index (χ3v) is 2.71. The topological polar surface area (TPSA) is 114 Å². The van der Waals surface area contributed by atoms with E-state index < -0.39 is 37.1 Å². The van der Waals surface area contributed by atoms with Crippen molar-refractivity contribution in [3.8, 4) is 0 Å². The number of amides is 1. The van der Waals surface area contributed by atoms with Crippen LogP contribution in [0.5, 0.6) is 0 Å². The van der Waals surface area contributed by atoms with Gasteiger partial charge in [-0.1, -0.05) is 12.1 Å². The Hall–Kier alpha value is -1.74. The molecule has 3 atom stereocenters. The van der Waals surface area contributed by atoms with Crippen molar-refractivity contribution in [1.82, 2.24) is 0 Å². The number of ether oxygens (including phenoxy) is 2. The molecule has 1 amide bonds. The van der Waals surface area contributed by atoms with Gasteiger partial charge in [-0.25, -0.2) is 9.18 Å². The fourth-order valence-electron chi connectivity index (χ4n) is 1.54. The second-order valence-corrected chi connectivity index (χ2v) is 4.35. The van der Waals surface area contributed by atoms with Crippen LogP contribution in [0.4, 0.5) is 14.9 Å². The normalized spacial score (nSPS) is 15.1. The van der Waals surface area contributed by atoms with Crippen LogP contribution in [0.1, 0.15) is 13.3 Å². The molecule has 0 bridgehead atoms. The van der Waals surface area contributed by atoms with Crippen molar-refractivity contribution in [3.05, 3.63) is 30.1 Å². The van der Waals surface area contributed by atoms with E-state index in [1.54, 1.807) is 6.07 Å². The Balaban J connectivity index is 2.45. The van der Waals surface area contributed by atoms with E-state index >= 15 is 0 Å². The van der Waals surface area contributed by atoms with Crippen LogP contribution in [0.2, 0.25) is 0 Å². The van der Waals surface area contributed by atoms with Crippen LogP contribution in [0.15, 0.2) is 24.3 Å². The number of nitrogens with one attached hydrogen (secondary N) is 1. The molecule has 118 valence electrons. The van der Waals surface area contributed by atoms with E-state index in [9.17, 15) is 14.3 Å². The molecular formula is C13H19FN2O5. The van der Waals surface area contributed by atoms with Gasteiger partial charge in [-0.2, -0.15) is 0 Å². The summed E-state index contributed by atoms with van der Waals surface area (Å²) in [5, 5.41) is 20.5. The first-order valence-electron chi connectivity index (χ1n) is 6.32. The molecule has 0 radical (unpaired) electrons. The van der Waals surface area contributed by atoms with Crippen LogP contribution >= 0.6 is 0 Å². The molecular weight excluding hydrogens is 283 g/mol. The fraction of sp³-hybridized carbons (Fsp3) is 0.462. The van der Waals surface area contributed by atoms with Crippen molar-refractivity contribution in [1.29, 1.82) is 0 Å². The number of aliphatic hydroxyl groups excluding tert-OH is 2. The largest absolute Gasteiger partial charge is 0.444 e. The highest BCUT2D eigenvalue weighted by atomic mass is 19.1. The predicted molar refractivity (Wildman–Crippen MR) is 72.7 cm³/mol. The quantitative estimate of drug-likeness (QED) is 0.553. The van der Waals surface area contributed by atoms with Gasteiger partial charge in [0, 0.05) is 6.42 Å². The smallest absolute Gasteiger partial charge is 0.412 e. The highest BCUT2D eigenvalue weighted by molar-refractivity contribution is 5.84. The number of para-hydroxylation sites is 1. The zero-order valence-electron chi connectivity index (χ0n) is 11.5. The number of hydrogen-bond acceptors (Lipinski definition) is 6. The molecule has 1 aromatic carbocycles. The van der Waals surface area contributed by atoms with Crippen molar-refractivity contribution < 1.29 is 28.9 Å². The van der Waals surface area contributed by atoms with E-state index in [0.717, 1.165) is 0 Å². The zero-order valence-corrected chi connectivity index (χ0v) is 11.5. The number of benzene rings is 1. The fourth-order valence-corrected chi connectivity index (χ4v) is 1.54. The molecule has 0 saturated heterocycles. The molecule has 0 fully saturated rings. The maximum Gasteiger partial charge on any atom is 0.412 e. The summed E-state index contributed by atoms with van der Waals surface area (Å²) < 4.78 is 22.9. The average molecular weight is 302 g/mol. The van der Waals surface area contributed by atoms with E-state index in [1.807, 2.05) is 0 Å². The third kappa shape index (κ3) is 6.05. The summed E-state index contributed by atoms with van der Waals surface area (Å²) in [7, 11) is 0. The molecule has 0 spiro atoms. The van der Waals surface area contributed by atoms with Crippen LogP contribution in [0.25, 0.3) is 0 Å². The molecule has 0 saturated carbocycles. The summed E-state index contributed by atoms with van der Waals surface area (Å²) in [6, 6.07) is 5.62. The minimum atomic E-state index is -1.09. The minimum Gasteiger partial charge on any atom is -0.444 e. The number of nitrogens with two attached hydrogens (primary N) is 1. The number of aliphatic hydroxyl groups is 2. The summed E-state index contributed by atoms with van der Waals surface area (Å²) in [4.78, 5) is 11.6. The number of anilines is 1. The predicted octanol–water partition coefficient (Wildman–Crippen LogP) is 0.765. The Morgan fingerprint density at radius 2 is 2.14 bits per heavy atom. The highest BCUT2D eigenvalue weighted by Crippen LogP contribution is 2.14. The highest BCUT2D eigenvalue weighted by Gasteiger charge is 2.22. The minimum absolute atomic E-state index is 0.0236. The van der Waals surface area contributed by atoms with Crippen LogP contribution in [0, 0.1) is 5.82 Å². The van der Waals surface area contributed by atoms with Gasteiger partial charge in [0.15, 0.2) is 0 Å². The van der Waals surface area contributed by atoms with Crippen LogP contribution in [0.3, 0.4) is 0 Å². The molecule has 0 aliphatic rings. The molecule has 21 heavy (non-hydrogen) atoms. The van der Waals surface area contributed by atoms with Crippen molar-refractivity contribution in [2.45, 2.75) is 31.8 Å². The number of carbonyl (C=O) groups is 1. The van der Waals surface area contributed by atoms with E-state index in [2.05, 4.69) is 10.1 Å².